The maximum absolute atomic E-state index is 12.3. The lowest BCUT2D eigenvalue weighted by Gasteiger charge is -2.13. The van der Waals surface area contributed by atoms with Crippen LogP contribution in [0.5, 0.6) is 0 Å². The minimum atomic E-state index is 0.0135. The van der Waals surface area contributed by atoms with E-state index in [0.29, 0.717) is 11.6 Å². The number of carbonyl (C=O) groups excluding carboxylic acids is 1. The predicted octanol–water partition coefficient (Wildman–Crippen LogP) is 3.79. The monoisotopic (exact) mass is 286 g/mol. The number of nitrogens with zero attached hydrogens (tertiary/aromatic N) is 1. The minimum Gasteiger partial charge on any atom is -0.349 e. The Morgan fingerprint density at radius 1 is 1.30 bits per heavy atom. The van der Waals surface area contributed by atoms with Gasteiger partial charge in [0.05, 0.1) is 21.8 Å². The zero-order valence-corrected chi connectivity index (χ0v) is 12.4. The molecule has 104 valence electrons. The van der Waals surface area contributed by atoms with Crippen LogP contribution in [0.25, 0.3) is 10.6 Å². The van der Waals surface area contributed by atoms with Gasteiger partial charge < -0.3 is 5.32 Å². The summed E-state index contributed by atoms with van der Waals surface area (Å²) in [6.45, 7) is 1.90. The molecule has 0 saturated heterocycles. The molecule has 1 aliphatic rings. The Hall–Kier alpha value is -1.68. The SMILES string of the molecule is Cc1nc(-c2cccs2)ccc1C(=O)NC1CCCC1. The summed E-state index contributed by atoms with van der Waals surface area (Å²) >= 11 is 1.66. The molecule has 1 fully saturated rings. The number of hydrogen-bond donors (Lipinski definition) is 1. The molecular formula is C16H18N2OS. The van der Waals surface area contributed by atoms with Gasteiger partial charge in [0.15, 0.2) is 0 Å². The highest BCUT2D eigenvalue weighted by atomic mass is 32.1. The predicted molar refractivity (Wildman–Crippen MR) is 82.0 cm³/mol. The zero-order chi connectivity index (χ0) is 13.9. The molecule has 0 spiro atoms. The number of nitrogens with one attached hydrogen (secondary N) is 1. The first-order valence-electron chi connectivity index (χ1n) is 7.06. The number of rotatable bonds is 3. The highest BCUT2D eigenvalue weighted by Crippen LogP contribution is 2.24. The first kappa shape index (κ1) is 13.3. The molecule has 1 N–H and O–H groups in total. The van der Waals surface area contributed by atoms with Gasteiger partial charge in [-0.25, -0.2) is 0 Å². The van der Waals surface area contributed by atoms with Crippen molar-refractivity contribution in [2.75, 3.05) is 0 Å². The molecule has 20 heavy (non-hydrogen) atoms. The van der Waals surface area contributed by atoms with Crippen LogP contribution in [0, 0.1) is 6.92 Å². The van der Waals surface area contributed by atoms with Gasteiger partial charge in [-0.3, -0.25) is 9.78 Å². The smallest absolute Gasteiger partial charge is 0.253 e. The average molecular weight is 286 g/mol. The molecule has 0 unspecified atom stereocenters. The summed E-state index contributed by atoms with van der Waals surface area (Å²) in [5, 5.41) is 5.15. The molecule has 1 saturated carbocycles. The molecule has 0 atom stereocenters. The van der Waals surface area contributed by atoms with Gasteiger partial charge in [0.2, 0.25) is 0 Å². The summed E-state index contributed by atoms with van der Waals surface area (Å²) in [7, 11) is 0. The minimum absolute atomic E-state index is 0.0135. The summed E-state index contributed by atoms with van der Waals surface area (Å²) in [5.74, 6) is 0.0135. The van der Waals surface area contributed by atoms with Crippen LogP contribution in [-0.2, 0) is 0 Å². The fraction of sp³-hybridized carbons (Fsp3) is 0.375. The van der Waals surface area contributed by atoms with Gasteiger partial charge >= 0.3 is 0 Å². The van der Waals surface area contributed by atoms with Gasteiger partial charge in [0.1, 0.15) is 0 Å². The van der Waals surface area contributed by atoms with Crippen LogP contribution in [0.4, 0.5) is 0 Å². The van der Waals surface area contributed by atoms with Crippen LogP contribution >= 0.6 is 11.3 Å². The molecule has 2 heterocycles. The molecule has 2 aromatic heterocycles. The van der Waals surface area contributed by atoms with E-state index in [1.165, 1.54) is 12.8 Å². The quantitative estimate of drug-likeness (QED) is 0.932. The Bertz CT molecular complexity index is 601. The van der Waals surface area contributed by atoms with E-state index in [4.69, 9.17) is 0 Å². The second-order valence-corrected chi connectivity index (χ2v) is 6.21. The summed E-state index contributed by atoms with van der Waals surface area (Å²) in [5.41, 5.74) is 2.43. The zero-order valence-electron chi connectivity index (χ0n) is 11.6. The molecule has 0 bridgehead atoms. The van der Waals surface area contributed by atoms with Crippen LogP contribution in [0.3, 0.4) is 0 Å². The Kier molecular flexibility index (Phi) is 3.83. The first-order valence-corrected chi connectivity index (χ1v) is 7.94. The van der Waals surface area contributed by atoms with E-state index >= 15 is 0 Å². The molecule has 3 nitrogen and oxygen atoms in total. The van der Waals surface area contributed by atoms with Crippen molar-refractivity contribution in [1.82, 2.24) is 10.3 Å². The van der Waals surface area contributed by atoms with Crippen molar-refractivity contribution in [3.8, 4) is 10.6 Å². The molecule has 2 aromatic rings. The van der Waals surface area contributed by atoms with Crippen molar-refractivity contribution in [3.63, 3.8) is 0 Å². The van der Waals surface area contributed by atoms with E-state index in [1.54, 1.807) is 11.3 Å². The van der Waals surface area contributed by atoms with E-state index in [0.717, 1.165) is 29.1 Å². The van der Waals surface area contributed by atoms with Gasteiger partial charge in [0.25, 0.3) is 5.91 Å². The summed E-state index contributed by atoms with van der Waals surface area (Å²) in [6.07, 6.45) is 4.65. The van der Waals surface area contributed by atoms with Gasteiger partial charge in [-0.1, -0.05) is 18.9 Å². The summed E-state index contributed by atoms with van der Waals surface area (Å²) < 4.78 is 0. The number of amides is 1. The number of aromatic nitrogens is 1. The van der Waals surface area contributed by atoms with Gasteiger partial charge in [0, 0.05) is 6.04 Å². The van der Waals surface area contributed by atoms with Crippen LogP contribution in [-0.4, -0.2) is 16.9 Å². The Labute approximate surface area is 123 Å². The van der Waals surface area contributed by atoms with E-state index in [1.807, 2.05) is 36.6 Å². The Morgan fingerprint density at radius 3 is 2.75 bits per heavy atom. The van der Waals surface area contributed by atoms with Crippen LogP contribution < -0.4 is 5.32 Å². The summed E-state index contributed by atoms with van der Waals surface area (Å²) in [4.78, 5) is 18.0. The van der Waals surface area contributed by atoms with Gasteiger partial charge in [-0.2, -0.15) is 0 Å². The lowest BCUT2D eigenvalue weighted by molar-refractivity contribution is 0.0937. The van der Waals surface area contributed by atoms with E-state index in [2.05, 4.69) is 10.3 Å². The highest BCUT2D eigenvalue weighted by molar-refractivity contribution is 7.13. The second-order valence-electron chi connectivity index (χ2n) is 5.26. The third-order valence-corrected chi connectivity index (χ3v) is 4.69. The van der Waals surface area contributed by atoms with Crippen LogP contribution in [0.2, 0.25) is 0 Å². The summed E-state index contributed by atoms with van der Waals surface area (Å²) in [6, 6.07) is 8.23. The van der Waals surface area contributed by atoms with Crippen LogP contribution in [0.1, 0.15) is 41.7 Å². The van der Waals surface area contributed by atoms with Crippen molar-refractivity contribution in [3.05, 3.63) is 40.9 Å². The number of carbonyl (C=O) groups is 1. The van der Waals surface area contributed by atoms with Crippen molar-refractivity contribution in [2.45, 2.75) is 38.6 Å². The number of aryl methyl sites for hydroxylation is 1. The largest absolute Gasteiger partial charge is 0.349 e. The van der Waals surface area contributed by atoms with E-state index in [9.17, 15) is 4.79 Å². The Balaban J connectivity index is 1.78. The van der Waals surface area contributed by atoms with Gasteiger partial charge in [-0.05, 0) is 43.3 Å². The van der Waals surface area contributed by atoms with E-state index < -0.39 is 0 Å². The number of pyridine rings is 1. The molecular weight excluding hydrogens is 268 g/mol. The van der Waals surface area contributed by atoms with Crippen LogP contribution in [0.15, 0.2) is 29.6 Å². The lowest BCUT2D eigenvalue weighted by atomic mass is 10.1. The number of thiophene rings is 1. The average Bonchev–Trinajstić information content (AvgIpc) is 3.11. The Morgan fingerprint density at radius 2 is 2.10 bits per heavy atom. The second kappa shape index (κ2) is 5.75. The fourth-order valence-electron chi connectivity index (χ4n) is 2.70. The van der Waals surface area contributed by atoms with Crippen molar-refractivity contribution in [2.24, 2.45) is 0 Å². The standard InChI is InChI=1S/C16H18N2OS/c1-11-13(16(19)18-12-5-2-3-6-12)8-9-14(17-11)15-7-4-10-20-15/h4,7-10,12H,2-3,5-6H2,1H3,(H,18,19). The normalized spacial score (nSPS) is 15.4. The van der Waals surface area contributed by atoms with Crippen molar-refractivity contribution in [1.29, 1.82) is 0 Å². The molecule has 0 aromatic carbocycles. The maximum Gasteiger partial charge on any atom is 0.253 e. The molecule has 1 amide bonds. The molecule has 4 heteroatoms. The number of hydrogen-bond acceptors (Lipinski definition) is 3. The third-order valence-electron chi connectivity index (χ3n) is 3.79. The molecule has 3 rings (SSSR count). The van der Waals surface area contributed by atoms with Gasteiger partial charge in [-0.15, -0.1) is 11.3 Å². The topological polar surface area (TPSA) is 42.0 Å². The molecule has 1 aliphatic carbocycles. The fourth-order valence-corrected chi connectivity index (χ4v) is 3.39. The highest BCUT2D eigenvalue weighted by Gasteiger charge is 2.19. The first-order chi connectivity index (χ1) is 9.74. The third kappa shape index (κ3) is 2.75. The van der Waals surface area contributed by atoms with Crippen molar-refractivity contribution < 1.29 is 4.79 Å². The van der Waals surface area contributed by atoms with Crippen molar-refractivity contribution >= 4 is 17.2 Å². The van der Waals surface area contributed by atoms with E-state index in [-0.39, 0.29) is 5.91 Å². The maximum atomic E-state index is 12.3. The lowest BCUT2D eigenvalue weighted by Crippen LogP contribution is -2.33. The molecule has 0 radical (unpaired) electrons. The molecule has 0 aliphatic heterocycles.